The second kappa shape index (κ2) is 5.25. The number of nitrogens with zero attached hydrogens (tertiary/aromatic N) is 1. The maximum atomic E-state index is 11.5. The summed E-state index contributed by atoms with van der Waals surface area (Å²) < 4.78 is 0. The van der Waals surface area contributed by atoms with Crippen LogP contribution in [-0.4, -0.2) is 41.1 Å². The standard InChI is InChI=1S/C10H14N2O3/c1-2-5-8(9(13)14)11-10(15)12-6-3-4-7-12/h1,8H,3-7H2,(H,11,15)(H,13,14). The van der Waals surface area contributed by atoms with Crippen LogP contribution in [0.1, 0.15) is 19.3 Å². The Balaban J connectivity index is 2.46. The van der Waals surface area contributed by atoms with Crippen LogP contribution in [0.4, 0.5) is 4.79 Å². The molecule has 1 aliphatic rings. The molecule has 0 aliphatic carbocycles. The molecule has 1 heterocycles. The quantitative estimate of drug-likeness (QED) is 0.657. The zero-order chi connectivity index (χ0) is 11.3. The Kier molecular flexibility index (Phi) is 3.98. The van der Waals surface area contributed by atoms with E-state index in [1.807, 2.05) is 0 Å². The first-order valence-electron chi connectivity index (χ1n) is 4.87. The normalized spacial score (nSPS) is 16.9. The van der Waals surface area contributed by atoms with Crippen molar-refractivity contribution in [2.24, 2.45) is 0 Å². The summed E-state index contributed by atoms with van der Waals surface area (Å²) in [5.41, 5.74) is 0. The van der Waals surface area contributed by atoms with Gasteiger partial charge in [0.15, 0.2) is 0 Å². The van der Waals surface area contributed by atoms with Crippen molar-refractivity contribution in [1.82, 2.24) is 10.2 Å². The van der Waals surface area contributed by atoms with Gasteiger partial charge in [0.2, 0.25) is 0 Å². The molecule has 1 aliphatic heterocycles. The van der Waals surface area contributed by atoms with Crippen molar-refractivity contribution in [2.45, 2.75) is 25.3 Å². The molecule has 1 unspecified atom stereocenters. The molecule has 1 saturated heterocycles. The molecule has 0 aromatic heterocycles. The fraction of sp³-hybridized carbons (Fsp3) is 0.600. The van der Waals surface area contributed by atoms with E-state index in [9.17, 15) is 9.59 Å². The van der Waals surface area contributed by atoms with Gasteiger partial charge >= 0.3 is 12.0 Å². The molecule has 1 rings (SSSR count). The summed E-state index contributed by atoms with van der Waals surface area (Å²) in [6.45, 7) is 1.38. The minimum absolute atomic E-state index is 0.00884. The van der Waals surface area contributed by atoms with E-state index in [4.69, 9.17) is 11.5 Å². The van der Waals surface area contributed by atoms with Gasteiger partial charge in [-0.2, -0.15) is 0 Å². The molecule has 0 aromatic rings. The lowest BCUT2D eigenvalue weighted by Crippen LogP contribution is -2.46. The second-order valence-electron chi connectivity index (χ2n) is 3.44. The summed E-state index contributed by atoms with van der Waals surface area (Å²) in [7, 11) is 0. The molecule has 82 valence electrons. The third-order valence-electron chi connectivity index (χ3n) is 2.31. The number of carbonyl (C=O) groups is 2. The molecule has 0 saturated carbocycles. The van der Waals surface area contributed by atoms with Crippen molar-refractivity contribution < 1.29 is 14.7 Å². The van der Waals surface area contributed by atoms with Gasteiger partial charge < -0.3 is 15.3 Å². The van der Waals surface area contributed by atoms with Crippen LogP contribution in [0.2, 0.25) is 0 Å². The number of hydrogen-bond donors (Lipinski definition) is 2. The molecule has 2 amide bonds. The summed E-state index contributed by atoms with van der Waals surface area (Å²) in [5, 5.41) is 11.2. The van der Waals surface area contributed by atoms with E-state index in [1.165, 1.54) is 0 Å². The molecule has 5 nitrogen and oxygen atoms in total. The Bertz CT molecular complexity index is 290. The van der Waals surface area contributed by atoms with Crippen molar-refractivity contribution in [3.05, 3.63) is 0 Å². The number of terminal acetylenes is 1. The molecular weight excluding hydrogens is 196 g/mol. The van der Waals surface area contributed by atoms with Gasteiger partial charge in [-0.25, -0.2) is 9.59 Å². The molecule has 5 heteroatoms. The number of amides is 2. The largest absolute Gasteiger partial charge is 0.480 e. The van der Waals surface area contributed by atoms with E-state index in [0.29, 0.717) is 13.1 Å². The first kappa shape index (κ1) is 11.4. The Morgan fingerprint density at radius 1 is 1.47 bits per heavy atom. The van der Waals surface area contributed by atoms with E-state index in [0.717, 1.165) is 12.8 Å². The van der Waals surface area contributed by atoms with Crippen molar-refractivity contribution in [3.8, 4) is 12.3 Å². The van der Waals surface area contributed by atoms with Gasteiger partial charge in [-0.3, -0.25) is 0 Å². The number of carboxylic acids is 1. The molecule has 0 aromatic carbocycles. The average molecular weight is 210 g/mol. The molecule has 1 atom stereocenters. The fourth-order valence-corrected chi connectivity index (χ4v) is 1.48. The van der Waals surface area contributed by atoms with Gasteiger partial charge in [0, 0.05) is 19.5 Å². The van der Waals surface area contributed by atoms with Gasteiger partial charge in [0.05, 0.1) is 0 Å². The second-order valence-corrected chi connectivity index (χ2v) is 3.44. The van der Waals surface area contributed by atoms with Crippen LogP contribution in [0.15, 0.2) is 0 Å². The zero-order valence-corrected chi connectivity index (χ0v) is 8.40. The van der Waals surface area contributed by atoms with Crippen molar-refractivity contribution in [1.29, 1.82) is 0 Å². The number of rotatable bonds is 3. The van der Waals surface area contributed by atoms with Crippen molar-refractivity contribution >= 4 is 12.0 Å². The lowest BCUT2D eigenvalue weighted by molar-refractivity contribution is -0.139. The van der Waals surface area contributed by atoms with Crippen LogP contribution in [0.25, 0.3) is 0 Å². The first-order chi connectivity index (χ1) is 7.15. The minimum atomic E-state index is -1.10. The van der Waals surface area contributed by atoms with Crippen LogP contribution in [-0.2, 0) is 4.79 Å². The molecule has 1 fully saturated rings. The van der Waals surface area contributed by atoms with Gasteiger partial charge in [0.25, 0.3) is 0 Å². The summed E-state index contributed by atoms with van der Waals surface area (Å²) in [4.78, 5) is 23.8. The van der Waals surface area contributed by atoms with Crippen LogP contribution in [0.3, 0.4) is 0 Å². The third-order valence-corrected chi connectivity index (χ3v) is 2.31. The predicted octanol–water partition coefficient (Wildman–Crippen LogP) is 0.268. The number of aliphatic carboxylic acids is 1. The maximum absolute atomic E-state index is 11.5. The number of likely N-dealkylation sites (tertiary alicyclic amines) is 1. The van der Waals surface area contributed by atoms with E-state index in [2.05, 4.69) is 11.2 Å². The number of carbonyl (C=O) groups excluding carboxylic acids is 1. The van der Waals surface area contributed by atoms with Crippen LogP contribution >= 0.6 is 0 Å². The first-order valence-corrected chi connectivity index (χ1v) is 4.87. The highest BCUT2D eigenvalue weighted by molar-refractivity contribution is 5.82. The summed E-state index contributed by atoms with van der Waals surface area (Å²) in [5.74, 6) is 1.13. The average Bonchev–Trinajstić information content (AvgIpc) is 2.69. The van der Waals surface area contributed by atoms with E-state index >= 15 is 0 Å². The number of carboxylic acid groups (broad SMARTS) is 1. The smallest absolute Gasteiger partial charge is 0.327 e. The summed E-state index contributed by atoms with van der Waals surface area (Å²) in [6.07, 6.45) is 6.97. The maximum Gasteiger partial charge on any atom is 0.327 e. The number of urea groups is 1. The van der Waals surface area contributed by atoms with Gasteiger partial charge in [-0.15, -0.1) is 12.3 Å². The highest BCUT2D eigenvalue weighted by Crippen LogP contribution is 2.07. The molecule has 0 spiro atoms. The fourth-order valence-electron chi connectivity index (χ4n) is 1.48. The van der Waals surface area contributed by atoms with E-state index < -0.39 is 12.0 Å². The van der Waals surface area contributed by atoms with Crippen LogP contribution in [0.5, 0.6) is 0 Å². The SMILES string of the molecule is C#CCC(NC(=O)N1CCCC1)C(=O)O. The van der Waals surface area contributed by atoms with Gasteiger partial charge in [-0.1, -0.05) is 0 Å². The molecule has 15 heavy (non-hydrogen) atoms. The van der Waals surface area contributed by atoms with Crippen LogP contribution < -0.4 is 5.32 Å². The molecular formula is C10H14N2O3. The summed E-state index contributed by atoms with van der Waals surface area (Å²) in [6, 6.07) is -1.32. The summed E-state index contributed by atoms with van der Waals surface area (Å²) >= 11 is 0. The Labute approximate surface area is 88.4 Å². The predicted molar refractivity (Wildman–Crippen MR) is 54.2 cm³/mol. The van der Waals surface area contributed by atoms with E-state index in [-0.39, 0.29) is 12.5 Å². The van der Waals surface area contributed by atoms with Crippen molar-refractivity contribution in [2.75, 3.05) is 13.1 Å². The lowest BCUT2D eigenvalue weighted by atomic mass is 10.2. The minimum Gasteiger partial charge on any atom is -0.480 e. The lowest BCUT2D eigenvalue weighted by Gasteiger charge is -2.19. The third kappa shape index (κ3) is 3.17. The highest BCUT2D eigenvalue weighted by Gasteiger charge is 2.23. The number of hydrogen-bond acceptors (Lipinski definition) is 2. The van der Waals surface area contributed by atoms with Crippen LogP contribution in [0, 0.1) is 12.3 Å². The Morgan fingerprint density at radius 2 is 2.07 bits per heavy atom. The molecule has 2 N–H and O–H groups in total. The Hall–Kier alpha value is -1.70. The highest BCUT2D eigenvalue weighted by atomic mass is 16.4. The monoisotopic (exact) mass is 210 g/mol. The van der Waals surface area contributed by atoms with Crippen molar-refractivity contribution in [3.63, 3.8) is 0 Å². The van der Waals surface area contributed by atoms with E-state index in [1.54, 1.807) is 4.90 Å². The molecule has 0 radical (unpaired) electrons. The zero-order valence-electron chi connectivity index (χ0n) is 8.40. The molecule has 0 bridgehead atoms. The van der Waals surface area contributed by atoms with Gasteiger partial charge in [-0.05, 0) is 12.8 Å². The Morgan fingerprint density at radius 3 is 2.53 bits per heavy atom. The van der Waals surface area contributed by atoms with Gasteiger partial charge in [0.1, 0.15) is 6.04 Å². The topological polar surface area (TPSA) is 69.6 Å². The number of nitrogens with one attached hydrogen (secondary N) is 1.